The zero-order valence-corrected chi connectivity index (χ0v) is 16.2. The zero-order valence-electron chi connectivity index (χ0n) is 16.2. The van der Waals surface area contributed by atoms with Crippen LogP contribution in [0.5, 0.6) is 0 Å². The summed E-state index contributed by atoms with van der Waals surface area (Å²) in [5, 5.41) is 18.1. The molecule has 0 saturated carbocycles. The van der Waals surface area contributed by atoms with Crippen molar-refractivity contribution in [2.24, 2.45) is 0 Å². The maximum atomic E-state index is 14.0. The van der Waals surface area contributed by atoms with E-state index < -0.39 is 16.8 Å². The lowest BCUT2D eigenvalue weighted by atomic mass is 9.96. The van der Waals surface area contributed by atoms with Gasteiger partial charge in [0.25, 0.3) is 11.6 Å². The van der Waals surface area contributed by atoms with Crippen LogP contribution in [0.3, 0.4) is 0 Å². The highest BCUT2D eigenvalue weighted by atomic mass is 19.1. The van der Waals surface area contributed by atoms with Gasteiger partial charge in [-0.2, -0.15) is 5.10 Å². The molecule has 1 amide bonds. The number of nitrogens with one attached hydrogen (secondary N) is 1. The van der Waals surface area contributed by atoms with Crippen LogP contribution in [0.15, 0.2) is 48.5 Å². The Balaban J connectivity index is 1.80. The average molecular weight is 410 g/mol. The summed E-state index contributed by atoms with van der Waals surface area (Å²) in [6.07, 6.45) is 0.624. The van der Waals surface area contributed by atoms with Crippen LogP contribution < -0.4 is 0 Å². The number of ether oxygens (including phenoxy) is 1. The summed E-state index contributed by atoms with van der Waals surface area (Å²) in [4.78, 5) is 25.2. The highest BCUT2D eigenvalue weighted by Crippen LogP contribution is 2.43. The van der Waals surface area contributed by atoms with Crippen molar-refractivity contribution in [1.29, 1.82) is 0 Å². The molecule has 9 heteroatoms. The highest BCUT2D eigenvalue weighted by Gasteiger charge is 2.42. The van der Waals surface area contributed by atoms with E-state index in [2.05, 4.69) is 10.2 Å². The Morgan fingerprint density at radius 3 is 2.70 bits per heavy atom. The number of non-ortho nitro benzene ring substituents is 1. The van der Waals surface area contributed by atoms with Gasteiger partial charge in [-0.3, -0.25) is 20.0 Å². The van der Waals surface area contributed by atoms with E-state index in [9.17, 15) is 19.3 Å². The number of aromatic nitrogens is 2. The Hall–Kier alpha value is -3.59. The van der Waals surface area contributed by atoms with Crippen molar-refractivity contribution < 1.29 is 18.8 Å². The van der Waals surface area contributed by atoms with Gasteiger partial charge in [-0.25, -0.2) is 4.39 Å². The Morgan fingerprint density at radius 2 is 2.03 bits per heavy atom. The summed E-state index contributed by atoms with van der Waals surface area (Å²) in [6, 6.07) is 11.6. The topological polar surface area (TPSA) is 101 Å². The molecule has 1 aliphatic rings. The number of methoxy groups -OCH3 is 1. The van der Waals surface area contributed by atoms with Crippen LogP contribution in [0, 0.1) is 15.9 Å². The van der Waals surface area contributed by atoms with Crippen LogP contribution in [0.4, 0.5) is 10.1 Å². The summed E-state index contributed by atoms with van der Waals surface area (Å²) >= 11 is 0. The number of benzene rings is 2. The number of H-pyrrole nitrogens is 1. The predicted molar refractivity (Wildman–Crippen MR) is 106 cm³/mol. The van der Waals surface area contributed by atoms with Gasteiger partial charge in [0.2, 0.25) is 0 Å². The number of rotatable bonds is 7. The lowest BCUT2D eigenvalue weighted by molar-refractivity contribution is -0.384. The fraction of sp³-hybridized carbons (Fsp3) is 0.238. The van der Waals surface area contributed by atoms with E-state index in [0.717, 1.165) is 0 Å². The van der Waals surface area contributed by atoms with Crippen molar-refractivity contribution in [3.05, 3.63) is 81.3 Å². The lowest BCUT2D eigenvalue weighted by Crippen LogP contribution is -2.31. The molecule has 0 spiro atoms. The van der Waals surface area contributed by atoms with Gasteiger partial charge in [0.05, 0.1) is 16.7 Å². The number of amides is 1. The Labute approximate surface area is 171 Å². The van der Waals surface area contributed by atoms with E-state index >= 15 is 0 Å². The molecule has 0 aliphatic carbocycles. The average Bonchev–Trinajstić information content (AvgIpc) is 3.28. The van der Waals surface area contributed by atoms with Crippen LogP contribution >= 0.6 is 0 Å². The summed E-state index contributed by atoms with van der Waals surface area (Å²) in [5.41, 5.74) is 2.71. The first-order chi connectivity index (χ1) is 14.5. The summed E-state index contributed by atoms with van der Waals surface area (Å²) in [6.45, 7) is 0.914. The Morgan fingerprint density at radius 1 is 1.27 bits per heavy atom. The number of nitro benzene ring substituents is 1. The molecule has 2 heterocycles. The monoisotopic (exact) mass is 410 g/mol. The van der Waals surface area contributed by atoms with Gasteiger partial charge in [-0.05, 0) is 36.2 Å². The molecule has 0 radical (unpaired) electrons. The Bertz CT molecular complexity index is 1100. The fourth-order valence-corrected chi connectivity index (χ4v) is 3.79. The van der Waals surface area contributed by atoms with E-state index in [1.807, 2.05) is 0 Å². The molecule has 4 rings (SSSR count). The van der Waals surface area contributed by atoms with E-state index in [4.69, 9.17) is 4.74 Å². The maximum absolute atomic E-state index is 14.0. The minimum atomic E-state index is -0.524. The number of fused-ring (bicyclic) bond motifs is 1. The van der Waals surface area contributed by atoms with Crippen molar-refractivity contribution in [1.82, 2.24) is 15.1 Å². The maximum Gasteiger partial charge on any atom is 0.273 e. The number of hydrogen-bond acceptors (Lipinski definition) is 5. The first-order valence-electron chi connectivity index (χ1n) is 9.39. The first kappa shape index (κ1) is 19.7. The van der Waals surface area contributed by atoms with Crippen molar-refractivity contribution in [3.8, 4) is 11.3 Å². The van der Waals surface area contributed by atoms with Crippen LogP contribution in [-0.4, -0.2) is 46.2 Å². The van der Waals surface area contributed by atoms with E-state index in [0.29, 0.717) is 47.7 Å². The molecular formula is C21H19FN4O4. The second-order valence-corrected chi connectivity index (χ2v) is 6.97. The molecular weight excluding hydrogens is 391 g/mol. The van der Waals surface area contributed by atoms with E-state index in [1.54, 1.807) is 36.3 Å². The Kier molecular flexibility index (Phi) is 5.28. The second-order valence-electron chi connectivity index (χ2n) is 6.97. The van der Waals surface area contributed by atoms with Crippen LogP contribution in [-0.2, 0) is 4.74 Å². The van der Waals surface area contributed by atoms with Crippen LogP contribution in [0.25, 0.3) is 11.3 Å². The second kappa shape index (κ2) is 8.03. The van der Waals surface area contributed by atoms with Gasteiger partial charge < -0.3 is 9.64 Å². The smallest absolute Gasteiger partial charge is 0.273 e. The molecule has 3 aromatic rings. The molecule has 2 aromatic carbocycles. The quantitative estimate of drug-likeness (QED) is 0.364. The number of halogens is 1. The third-order valence-corrected chi connectivity index (χ3v) is 5.13. The van der Waals surface area contributed by atoms with E-state index in [1.165, 1.54) is 24.3 Å². The molecule has 0 fully saturated rings. The van der Waals surface area contributed by atoms with Gasteiger partial charge in [-0.15, -0.1) is 0 Å². The normalized spacial score (nSPS) is 15.5. The molecule has 1 aromatic heterocycles. The minimum absolute atomic E-state index is 0.0371. The third-order valence-electron chi connectivity index (χ3n) is 5.13. The lowest BCUT2D eigenvalue weighted by Gasteiger charge is -2.26. The SMILES string of the molecule is COCCCN1C(=O)c2[nH]nc(-c3ccc([N+](=O)[O-])cc3)c2C1c1cccc(F)c1. The summed E-state index contributed by atoms with van der Waals surface area (Å²) < 4.78 is 19.1. The molecule has 0 bridgehead atoms. The standard InChI is InChI=1S/C21H19FN4O4/c1-30-11-3-10-25-20(14-4-2-5-15(22)12-14)17-18(23-24-19(17)21(25)27)13-6-8-16(9-7-13)26(28)29/h2,4-9,12,20H,3,10-11H2,1H3,(H,23,24). The van der Waals surface area contributed by atoms with Crippen molar-refractivity contribution in [3.63, 3.8) is 0 Å². The van der Waals surface area contributed by atoms with Crippen molar-refractivity contribution >= 4 is 11.6 Å². The molecule has 1 atom stereocenters. The largest absolute Gasteiger partial charge is 0.385 e. The predicted octanol–water partition coefficient (Wildman–Crippen LogP) is 3.71. The molecule has 8 nitrogen and oxygen atoms in total. The minimum Gasteiger partial charge on any atom is -0.385 e. The first-order valence-corrected chi connectivity index (χ1v) is 9.39. The molecule has 1 aliphatic heterocycles. The van der Waals surface area contributed by atoms with Gasteiger partial charge in [0.1, 0.15) is 11.5 Å². The molecule has 1 N–H and O–H groups in total. The zero-order chi connectivity index (χ0) is 21.3. The number of nitrogens with zero attached hydrogens (tertiary/aromatic N) is 3. The summed E-state index contributed by atoms with van der Waals surface area (Å²) in [7, 11) is 1.59. The van der Waals surface area contributed by atoms with Gasteiger partial charge in [0, 0.05) is 43.5 Å². The van der Waals surface area contributed by atoms with Crippen molar-refractivity contribution in [2.45, 2.75) is 12.5 Å². The van der Waals surface area contributed by atoms with Gasteiger partial charge in [-0.1, -0.05) is 12.1 Å². The van der Waals surface area contributed by atoms with Crippen LogP contribution in [0.2, 0.25) is 0 Å². The number of nitro groups is 1. The van der Waals surface area contributed by atoms with Gasteiger partial charge >= 0.3 is 0 Å². The van der Waals surface area contributed by atoms with Gasteiger partial charge in [0.15, 0.2) is 0 Å². The number of carbonyl (C=O) groups excluding carboxylic acids is 1. The highest BCUT2D eigenvalue weighted by molar-refractivity contribution is 6.00. The molecule has 30 heavy (non-hydrogen) atoms. The van der Waals surface area contributed by atoms with Crippen molar-refractivity contribution in [2.75, 3.05) is 20.3 Å². The van der Waals surface area contributed by atoms with E-state index in [-0.39, 0.29) is 11.6 Å². The molecule has 1 unspecified atom stereocenters. The number of aromatic amines is 1. The molecule has 154 valence electrons. The third kappa shape index (κ3) is 3.43. The molecule has 0 saturated heterocycles. The fourth-order valence-electron chi connectivity index (χ4n) is 3.79. The van der Waals surface area contributed by atoms with Crippen LogP contribution in [0.1, 0.15) is 34.1 Å². The number of hydrogen-bond donors (Lipinski definition) is 1. The summed E-state index contributed by atoms with van der Waals surface area (Å²) in [5.74, 6) is -0.623. The number of carbonyl (C=O) groups is 1.